The van der Waals surface area contributed by atoms with Crippen molar-refractivity contribution in [2.24, 2.45) is 0 Å². The molecule has 0 heterocycles. The molecule has 0 fully saturated rings. The highest BCUT2D eigenvalue weighted by Gasteiger charge is 2.02. The molecule has 0 aromatic heterocycles. The van der Waals surface area contributed by atoms with E-state index in [0.717, 1.165) is 5.56 Å². The zero-order valence-corrected chi connectivity index (χ0v) is 11.2. The van der Waals surface area contributed by atoms with Gasteiger partial charge in [0, 0.05) is 18.1 Å². The third kappa shape index (κ3) is 7.43. The number of halogens is 1. The second-order valence-electron chi connectivity index (χ2n) is 4.05. The van der Waals surface area contributed by atoms with E-state index < -0.39 is 5.97 Å². The summed E-state index contributed by atoms with van der Waals surface area (Å²) in [6.45, 7) is 0.944. The molecule has 0 aliphatic heterocycles. The Hall–Kier alpha value is -1.59. The van der Waals surface area contributed by atoms with Gasteiger partial charge in [-0.05, 0) is 24.1 Å². The van der Waals surface area contributed by atoms with Gasteiger partial charge in [-0.25, -0.2) is 0 Å². The normalized spacial score (nSPS) is 10.2. The Labute approximate surface area is 117 Å². The Morgan fingerprint density at radius 1 is 1.26 bits per heavy atom. The molecule has 0 spiro atoms. The first-order valence-corrected chi connectivity index (χ1v) is 6.39. The van der Waals surface area contributed by atoms with Crippen molar-refractivity contribution >= 4 is 23.5 Å². The maximum Gasteiger partial charge on any atom is 0.304 e. The minimum atomic E-state index is -0.881. The van der Waals surface area contributed by atoms with Crippen LogP contribution in [0.5, 0.6) is 0 Å². The SMILES string of the molecule is O=C(O)CCNCC(=O)NCCc1cccc(Cl)c1. The summed E-state index contributed by atoms with van der Waals surface area (Å²) >= 11 is 5.85. The lowest BCUT2D eigenvalue weighted by Crippen LogP contribution is -2.35. The van der Waals surface area contributed by atoms with Gasteiger partial charge in [-0.1, -0.05) is 23.7 Å². The summed E-state index contributed by atoms with van der Waals surface area (Å²) in [6, 6.07) is 7.48. The number of benzene rings is 1. The summed E-state index contributed by atoms with van der Waals surface area (Å²) in [7, 11) is 0. The Balaban J connectivity index is 2.12. The van der Waals surface area contributed by atoms with Crippen LogP contribution in [0.3, 0.4) is 0 Å². The van der Waals surface area contributed by atoms with Crippen molar-refractivity contribution in [2.45, 2.75) is 12.8 Å². The average Bonchev–Trinajstić information content (AvgIpc) is 2.34. The summed E-state index contributed by atoms with van der Waals surface area (Å²) in [6.07, 6.45) is 0.719. The first kappa shape index (κ1) is 15.5. The largest absolute Gasteiger partial charge is 0.481 e. The first-order chi connectivity index (χ1) is 9.08. The Morgan fingerprint density at radius 2 is 2.05 bits per heavy atom. The van der Waals surface area contributed by atoms with Crippen LogP contribution in [-0.4, -0.2) is 36.6 Å². The maximum atomic E-state index is 11.4. The van der Waals surface area contributed by atoms with E-state index in [1.807, 2.05) is 18.2 Å². The van der Waals surface area contributed by atoms with Crippen molar-refractivity contribution < 1.29 is 14.7 Å². The second-order valence-corrected chi connectivity index (χ2v) is 4.49. The number of amides is 1. The van der Waals surface area contributed by atoms with Crippen molar-refractivity contribution in [1.82, 2.24) is 10.6 Å². The molecule has 1 amide bonds. The van der Waals surface area contributed by atoms with Crippen LogP contribution in [0.1, 0.15) is 12.0 Å². The molecule has 1 aromatic carbocycles. The molecule has 5 nitrogen and oxygen atoms in total. The fraction of sp³-hybridized carbons (Fsp3) is 0.385. The van der Waals surface area contributed by atoms with Gasteiger partial charge in [0.05, 0.1) is 13.0 Å². The van der Waals surface area contributed by atoms with E-state index in [2.05, 4.69) is 10.6 Å². The number of carboxylic acid groups (broad SMARTS) is 1. The number of aliphatic carboxylic acids is 1. The van der Waals surface area contributed by atoms with Crippen LogP contribution in [0, 0.1) is 0 Å². The quantitative estimate of drug-likeness (QED) is 0.624. The Kier molecular flexibility index (Phi) is 6.92. The van der Waals surface area contributed by atoms with Gasteiger partial charge in [0.15, 0.2) is 0 Å². The minimum Gasteiger partial charge on any atom is -0.481 e. The lowest BCUT2D eigenvalue weighted by atomic mass is 10.1. The van der Waals surface area contributed by atoms with Crippen molar-refractivity contribution in [2.75, 3.05) is 19.6 Å². The molecule has 0 unspecified atom stereocenters. The van der Waals surface area contributed by atoms with E-state index >= 15 is 0 Å². The summed E-state index contributed by atoms with van der Waals surface area (Å²) in [5, 5.41) is 14.6. The van der Waals surface area contributed by atoms with Crippen LogP contribution in [0.15, 0.2) is 24.3 Å². The van der Waals surface area contributed by atoms with Crippen molar-refractivity contribution in [3.8, 4) is 0 Å². The Morgan fingerprint density at radius 3 is 2.74 bits per heavy atom. The summed E-state index contributed by atoms with van der Waals surface area (Å²) in [5.41, 5.74) is 1.06. The molecule has 3 N–H and O–H groups in total. The minimum absolute atomic E-state index is 0.00972. The lowest BCUT2D eigenvalue weighted by molar-refractivity contribution is -0.137. The number of hydrogen-bond donors (Lipinski definition) is 3. The second kappa shape index (κ2) is 8.50. The summed E-state index contributed by atoms with van der Waals surface area (Å²) < 4.78 is 0. The summed E-state index contributed by atoms with van der Waals surface area (Å²) in [5.74, 6) is -1.03. The molecule has 0 aliphatic rings. The number of nitrogens with one attached hydrogen (secondary N) is 2. The fourth-order valence-electron chi connectivity index (χ4n) is 1.50. The van der Waals surface area contributed by atoms with Crippen molar-refractivity contribution in [1.29, 1.82) is 0 Å². The third-order valence-corrected chi connectivity index (χ3v) is 2.66. The van der Waals surface area contributed by atoms with Crippen LogP contribution >= 0.6 is 11.6 Å². The van der Waals surface area contributed by atoms with E-state index in [1.54, 1.807) is 6.07 Å². The number of carboxylic acids is 1. The number of hydrogen-bond acceptors (Lipinski definition) is 3. The van der Waals surface area contributed by atoms with Gasteiger partial charge in [-0.15, -0.1) is 0 Å². The molecule has 1 rings (SSSR count). The molecule has 0 radical (unpaired) electrons. The van der Waals surface area contributed by atoms with Crippen LogP contribution < -0.4 is 10.6 Å². The molecule has 0 saturated carbocycles. The highest BCUT2D eigenvalue weighted by molar-refractivity contribution is 6.30. The standard InChI is InChI=1S/C13H17ClN2O3/c14-11-3-1-2-10(8-11)4-7-16-12(17)9-15-6-5-13(18)19/h1-3,8,15H,4-7,9H2,(H,16,17)(H,18,19). The first-order valence-electron chi connectivity index (χ1n) is 6.01. The van der Waals surface area contributed by atoms with Gasteiger partial charge < -0.3 is 15.7 Å². The molecule has 0 bridgehead atoms. The van der Waals surface area contributed by atoms with Gasteiger partial charge in [0.2, 0.25) is 5.91 Å². The molecular weight excluding hydrogens is 268 g/mol. The maximum absolute atomic E-state index is 11.4. The predicted molar refractivity (Wildman–Crippen MR) is 73.3 cm³/mol. The topological polar surface area (TPSA) is 78.4 Å². The van der Waals surface area contributed by atoms with Gasteiger partial charge in [-0.3, -0.25) is 9.59 Å². The molecule has 104 valence electrons. The molecule has 0 aliphatic carbocycles. The third-order valence-electron chi connectivity index (χ3n) is 2.43. The predicted octanol–water partition coefficient (Wildman–Crippen LogP) is 1.06. The monoisotopic (exact) mass is 284 g/mol. The highest BCUT2D eigenvalue weighted by atomic mass is 35.5. The smallest absolute Gasteiger partial charge is 0.304 e. The van der Waals surface area contributed by atoms with Crippen LogP contribution in [-0.2, 0) is 16.0 Å². The molecule has 0 saturated heterocycles. The van der Waals surface area contributed by atoms with Crippen LogP contribution in [0.4, 0.5) is 0 Å². The Bertz CT molecular complexity index is 438. The highest BCUT2D eigenvalue weighted by Crippen LogP contribution is 2.10. The van der Waals surface area contributed by atoms with E-state index in [0.29, 0.717) is 18.0 Å². The zero-order valence-electron chi connectivity index (χ0n) is 10.5. The van der Waals surface area contributed by atoms with Crippen molar-refractivity contribution in [3.63, 3.8) is 0 Å². The van der Waals surface area contributed by atoms with E-state index in [1.165, 1.54) is 0 Å². The molecule has 6 heteroatoms. The van der Waals surface area contributed by atoms with Gasteiger partial charge in [0.1, 0.15) is 0 Å². The van der Waals surface area contributed by atoms with E-state index in [-0.39, 0.29) is 25.4 Å². The number of carbonyl (C=O) groups is 2. The summed E-state index contributed by atoms with van der Waals surface area (Å²) in [4.78, 5) is 21.6. The van der Waals surface area contributed by atoms with Crippen molar-refractivity contribution in [3.05, 3.63) is 34.9 Å². The average molecular weight is 285 g/mol. The van der Waals surface area contributed by atoms with Crippen LogP contribution in [0.2, 0.25) is 5.02 Å². The molecule has 1 aromatic rings. The van der Waals surface area contributed by atoms with Gasteiger partial charge >= 0.3 is 5.97 Å². The lowest BCUT2D eigenvalue weighted by Gasteiger charge is -2.06. The van der Waals surface area contributed by atoms with E-state index in [9.17, 15) is 9.59 Å². The van der Waals surface area contributed by atoms with Gasteiger partial charge in [-0.2, -0.15) is 0 Å². The zero-order chi connectivity index (χ0) is 14.1. The fourth-order valence-corrected chi connectivity index (χ4v) is 1.71. The van der Waals surface area contributed by atoms with Gasteiger partial charge in [0.25, 0.3) is 0 Å². The number of rotatable bonds is 8. The van der Waals surface area contributed by atoms with Crippen LogP contribution in [0.25, 0.3) is 0 Å². The molecule has 0 atom stereocenters. The molecule has 19 heavy (non-hydrogen) atoms. The van der Waals surface area contributed by atoms with E-state index in [4.69, 9.17) is 16.7 Å². The molecular formula is C13H17ClN2O3. The number of carbonyl (C=O) groups excluding carboxylic acids is 1.